The lowest BCUT2D eigenvalue weighted by Gasteiger charge is -2.27. The Morgan fingerprint density at radius 1 is 0.594 bits per heavy atom. The molecule has 0 N–H and O–H groups in total. The molecule has 4 heteroatoms. The predicted octanol–water partition coefficient (Wildman–Crippen LogP) is 3.39. The average molecular weight is 474 g/mol. The summed E-state index contributed by atoms with van der Waals surface area (Å²) in [4.78, 5) is 5.04. The first-order valence-corrected chi connectivity index (χ1v) is 12.7. The summed E-state index contributed by atoms with van der Waals surface area (Å²) in [6.07, 6.45) is 0.855. The molecule has 0 fully saturated rings. The molecule has 5 rings (SSSR count). The third kappa shape index (κ3) is 4.30. The second kappa shape index (κ2) is 9.84. The summed E-state index contributed by atoms with van der Waals surface area (Å²) in [5, 5.41) is 5.91. The molecule has 5 aromatic rings. The highest BCUT2D eigenvalue weighted by Gasteiger charge is 2.45. The molecule has 0 amide bonds. The Balaban J connectivity index is 0.00000245. The lowest BCUT2D eigenvalue weighted by atomic mass is 10.2. The van der Waals surface area contributed by atoms with Gasteiger partial charge in [-0.1, -0.05) is 78.3 Å². The molecule has 1 nitrogen and oxygen atoms in total. The fourth-order valence-electron chi connectivity index (χ4n) is 4.23. The second-order valence-electron chi connectivity index (χ2n) is 7.61. The van der Waals surface area contributed by atoms with E-state index in [9.17, 15) is 0 Å². The molecule has 0 radical (unpaired) electrons. The highest BCUT2D eigenvalue weighted by atomic mass is 35.5. The van der Waals surface area contributed by atoms with Crippen molar-refractivity contribution >= 4 is 45.7 Å². The molecule has 0 saturated carbocycles. The maximum absolute atomic E-state index is 6.26. The maximum atomic E-state index is 6.26. The number of halogens is 2. The largest absolute Gasteiger partial charge is 1.00 e. The minimum atomic E-state index is -1.96. The van der Waals surface area contributed by atoms with E-state index in [4.69, 9.17) is 16.6 Å². The van der Waals surface area contributed by atoms with Crippen LogP contribution in [0.5, 0.6) is 0 Å². The quantitative estimate of drug-likeness (QED) is 0.356. The number of nitrogens with zero attached hydrogens (tertiary/aromatic N) is 1. The summed E-state index contributed by atoms with van der Waals surface area (Å²) in [5.74, 6) is 0. The van der Waals surface area contributed by atoms with Gasteiger partial charge in [-0.2, -0.15) is 0 Å². The average Bonchev–Trinajstić information content (AvgIpc) is 2.84. The van der Waals surface area contributed by atoms with Gasteiger partial charge in [-0.3, -0.25) is 0 Å². The zero-order chi connectivity index (χ0) is 21.1. The van der Waals surface area contributed by atoms with E-state index in [1.54, 1.807) is 0 Å². The van der Waals surface area contributed by atoms with Crippen molar-refractivity contribution in [3.05, 3.63) is 132 Å². The molecule has 4 aromatic carbocycles. The molecular formula is C28H22Cl2NP. The number of pyridine rings is 1. The number of fused-ring (bicyclic) bond motifs is 1. The second-order valence-corrected chi connectivity index (χ2v) is 11.5. The fraction of sp³-hybridized carbons (Fsp3) is 0.0357. The Morgan fingerprint density at radius 3 is 1.56 bits per heavy atom. The van der Waals surface area contributed by atoms with E-state index in [0.717, 1.165) is 22.8 Å². The number of hydrogen-bond donors (Lipinski definition) is 0. The summed E-state index contributed by atoms with van der Waals surface area (Å²) >= 11 is 6.26. The normalized spacial score (nSPS) is 11.2. The van der Waals surface area contributed by atoms with Crippen molar-refractivity contribution in [3.63, 3.8) is 0 Å². The number of aromatic nitrogens is 1. The summed E-state index contributed by atoms with van der Waals surface area (Å²) in [7, 11) is -1.96. The van der Waals surface area contributed by atoms with Gasteiger partial charge in [0, 0.05) is 10.4 Å². The Kier molecular flexibility index (Phi) is 6.92. The molecule has 1 aromatic heterocycles. The molecule has 0 aliphatic carbocycles. The van der Waals surface area contributed by atoms with E-state index in [1.165, 1.54) is 15.9 Å². The van der Waals surface area contributed by atoms with Gasteiger partial charge in [0.15, 0.2) is 0 Å². The zero-order valence-electron chi connectivity index (χ0n) is 17.4. The van der Waals surface area contributed by atoms with Crippen molar-refractivity contribution in [1.82, 2.24) is 4.98 Å². The number of hydrogen-bond acceptors (Lipinski definition) is 1. The van der Waals surface area contributed by atoms with Crippen LogP contribution >= 0.6 is 18.9 Å². The lowest BCUT2D eigenvalue weighted by Crippen LogP contribution is -3.00. The Morgan fingerprint density at radius 2 is 1.06 bits per heavy atom. The van der Waals surface area contributed by atoms with Gasteiger partial charge in [0.1, 0.15) is 29.3 Å². The van der Waals surface area contributed by atoms with Gasteiger partial charge < -0.3 is 12.4 Å². The van der Waals surface area contributed by atoms with E-state index in [-0.39, 0.29) is 12.4 Å². The third-order valence-corrected chi connectivity index (χ3v) is 10.3. The van der Waals surface area contributed by atoms with Crippen LogP contribution in [0, 0.1) is 0 Å². The van der Waals surface area contributed by atoms with Gasteiger partial charge in [0.25, 0.3) is 0 Å². The van der Waals surface area contributed by atoms with E-state index in [1.807, 2.05) is 18.2 Å². The van der Waals surface area contributed by atoms with Gasteiger partial charge in [-0.15, -0.1) is 0 Å². The monoisotopic (exact) mass is 473 g/mol. The fourth-order valence-corrected chi connectivity index (χ4v) is 8.55. The van der Waals surface area contributed by atoms with Crippen molar-refractivity contribution in [2.45, 2.75) is 6.16 Å². The summed E-state index contributed by atoms with van der Waals surface area (Å²) < 4.78 is 0. The van der Waals surface area contributed by atoms with Crippen LogP contribution in [0.15, 0.2) is 121 Å². The van der Waals surface area contributed by atoms with Crippen LogP contribution in [-0.4, -0.2) is 4.98 Å². The number of benzene rings is 4. The predicted molar refractivity (Wildman–Crippen MR) is 136 cm³/mol. The smallest absolute Gasteiger partial charge is 0.118 e. The van der Waals surface area contributed by atoms with Crippen molar-refractivity contribution in [2.75, 3.05) is 0 Å². The topological polar surface area (TPSA) is 12.9 Å². The standard InChI is InChI=1S/C28H22ClNP.ClH/c29-23-18-16-22-17-19-24(30-28(22)20-23)21-31(25-10-4-1-5-11-25,26-12-6-2-7-13-26)27-14-8-3-9-15-27;/h1-20H,21H2;1H/q+1;/p-1. The van der Waals surface area contributed by atoms with Crippen LogP contribution in [0.4, 0.5) is 0 Å². The molecule has 0 unspecified atom stereocenters. The van der Waals surface area contributed by atoms with Gasteiger partial charge in [-0.05, 0) is 54.6 Å². The van der Waals surface area contributed by atoms with Crippen molar-refractivity contribution < 1.29 is 12.4 Å². The van der Waals surface area contributed by atoms with E-state index >= 15 is 0 Å². The van der Waals surface area contributed by atoms with E-state index in [2.05, 4.69) is 103 Å². The van der Waals surface area contributed by atoms with Crippen LogP contribution in [0.25, 0.3) is 10.9 Å². The summed E-state index contributed by atoms with van der Waals surface area (Å²) in [6.45, 7) is 0. The molecule has 0 bridgehead atoms. The van der Waals surface area contributed by atoms with Crippen LogP contribution in [0.3, 0.4) is 0 Å². The summed E-state index contributed by atoms with van der Waals surface area (Å²) in [5.41, 5.74) is 2.02. The van der Waals surface area contributed by atoms with Crippen molar-refractivity contribution in [2.24, 2.45) is 0 Å². The van der Waals surface area contributed by atoms with Crippen molar-refractivity contribution in [3.8, 4) is 0 Å². The first-order chi connectivity index (χ1) is 15.3. The minimum Gasteiger partial charge on any atom is -1.00 e. The summed E-state index contributed by atoms with van der Waals surface area (Å²) in [6, 6.07) is 43.0. The van der Waals surface area contributed by atoms with E-state index < -0.39 is 7.26 Å². The van der Waals surface area contributed by atoms with Gasteiger partial charge >= 0.3 is 0 Å². The number of rotatable bonds is 5. The molecule has 0 aliphatic heterocycles. The first-order valence-electron chi connectivity index (χ1n) is 10.4. The molecule has 1 heterocycles. The molecular weight excluding hydrogens is 452 g/mol. The Labute approximate surface area is 200 Å². The van der Waals surface area contributed by atoms with Crippen LogP contribution < -0.4 is 28.3 Å². The first kappa shape index (κ1) is 22.5. The van der Waals surface area contributed by atoms with E-state index in [0.29, 0.717) is 5.02 Å². The minimum absolute atomic E-state index is 0. The van der Waals surface area contributed by atoms with Gasteiger partial charge in [-0.25, -0.2) is 4.98 Å². The maximum Gasteiger partial charge on any atom is 0.118 e. The van der Waals surface area contributed by atoms with Crippen molar-refractivity contribution in [1.29, 1.82) is 0 Å². The van der Waals surface area contributed by atoms with Crippen LogP contribution in [-0.2, 0) is 6.16 Å². The van der Waals surface area contributed by atoms with Gasteiger partial charge in [0.2, 0.25) is 0 Å². The Hall–Kier alpha value is -2.70. The van der Waals surface area contributed by atoms with Crippen LogP contribution in [0.2, 0.25) is 5.02 Å². The zero-order valence-corrected chi connectivity index (χ0v) is 19.8. The molecule has 0 atom stereocenters. The molecule has 0 aliphatic rings. The van der Waals surface area contributed by atoms with Gasteiger partial charge in [0.05, 0.1) is 11.2 Å². The lowest BCUT2D eigenvalue weighted by molar-refractivity contribution is -0.00000597. The third-order valence-electron chi connectivity index (χ3n) is 5.70. The van der Waals surface area contributed by atoms with Crippen LogP contribution in [0.1, 0.15) is 5.69 Å². The molecule has 32 heavy (non-hydrogen) atoms. The Bertz CT molecular complexity index is 1210. The molecule has 158 valence electrons. The molecule has 0 saturated heterocycles. The highest BCUT2D eigenvalue weighted by Crippen LogP contribution is 2.57. The SMILES string of the molecule is Clc1ccc2ccc(C[P+](c3ccccc3)(c3ccccc3)c3ccccc3)nc2c1.[Cl-]. The molecule has 0 spiro atoms. The highest BCUT2D eigenvalue weighted by molar-refractivity contribution is 7.95.